The average Bonchev–Trinajstić information content (AvgIpc) is 1.89. The van der Waals surface area contributed by atoms with E-state index in [-0.39, 0.29) is 64.1 Å². The van der Waals surface area contributed by atoms with Crippen molar-refractivity contribution in [2.75, 3.05) is 13.1 Å². The van der Waals surface area contributed by atoms with Crippen molar-refractivity contribution < 1.29 is 70.8 Å². The molecule has 0 aliphatic carbocycles. The molecule has 0 aliphatic rings. The Bertz CT molecular complexity index is 113. The predicted octanol–water partition coefficient (Wildman–Crippen LogP) is -10.6. The van der Waals surface area contributed by atoms with Crippen LogP contribution < -0.4 is 46.5 Å². The van der Waals surface area contributed by atoms with Crippen LogP contribution in [0.3, 0.4) is 0 Å². The summed E-state index contributed by atoms with van der Waals surface area (Å²) in [6.45, 7) is -0.778. The molecule has 0 aromatic carbocycles. The van der Waals surface area contributed by atoms with Crippen LogP contribution in [0, 0.1) is 0 Å². The molecular formula is C4H8Cl2N2O4Zr. The van der Waals surface area contributed by atoms with E-state index in [4.69, 9.17) is 19.8 Å². The molecule has 4 N–H and O–H groups in total. The van der Waals surface area contributed by atoms with Crippen LogP contribution in [0.25, 0.3) is 0 Å². The first-order valence-electron chi connectivity index (χ1n) is 2.34. The van der Waals surface area contributed by atoms with Crippen molar-refractivity contribution >= 4 is 11.9 Å². The van der Waals surface area contributed by atoms with Gasteiger partial charge < -0.3 is 56.1 Å². The van der Waals surface area contributed by atoms with Gasteiger partial charge in [-0.1, -0.05) is 0 Å². The molecule has 6 nitrogen and oxygen atoms in total. The first-order chi connectivity index (χ1) is 4.54. The standard InChI is InChI=1S/2C2H5NO2.2ClH.Zr/c2*3-1-2(4)5;;;/h2*1,3H2,(H,4,5);2*1H;/q;;;;+4/p-4. The minimum absolute atomic E-state index is 0. The van der Waals surface area contributed by atoms with Gasteiger partial charge in [-0.15, -0.1) is 0 Å². The van der Waals surface area contributed by atoms with Gasteiger partial charge in [0.2, 0.25) is 0 Å². The van der Waals surface area contributed by atoms with Crippen molar-refractivity contribution in [3.05, 3.63) is 0 Å². The van der Waals surface area contributed by atoms with Crippen LogP contribution >= 0.6 is 0 Å². The Kier molecular flexibility index (Phi) is 51.2. The van der Waals surface area contributed by atoms with E-state index in [0.717, 1.165) is 0 Å². The van der Waals surface area contributed by atoms with Gasteiger partial charge in [-0.05, 0) is 0 Å². The Labute approximate surface area is 107 Å². The Morgan fingerprint density at radius 2 is 1.00 bits per heavy atom. The molecule has 0 amide bonds. The van der Waals surface area contributed by atoms with Crippen LogP contribution in [0.1, 0.15) is 0 Å². The first kappa shape index (κ1) is 29.2. The smallest absolute Gasteiger partial charge is 1.00 e. The van der Waals surface area contributed by atoms with E-state index >= 15 is 0 Å². The molecule has 0 saturated carbocycles. The van der Waals surface area contributed by atoms with Crippen molar-refractivity contribution in [1.29, 1.82) is 0 Å². The van der Waals surface area contributed by atoms with Crippen molar-refractivity contribution in [3.8, 4) is 0 Å². The molecule has 0 aromatic rings. The normalized spacial score (nSPS) is 5.69. The zero-order chi connectivity index (χ0) is 8.57. The minimum Gasteiger partial charge on any atom is -1.00 e. The third-order valence-corrected chi connectivity index (χ3v) is 0.333. The number of aliphatic carboxylic acids is 2. The SMILES string of the molecule is NCC(=O)[O-].NCC(=O)[O-].[Cl-].[Cl-].[Zr+4]. The van der Waals surface area contributed by atoms with Crippen LogP contribution in [0.5, 0.6) is 0 Å². The van der Waals surface area contributed by atoms with Gasteiger partial charge in [0.15, 0.2) is 0 Å². The molecule has 13 heavy (non-hydrogen) atoms. The molecule has 0 spiro atoms. The van der Waals surface area contributed by atoms with Gasteiger partial charge in [-0.3, -0.25) is 0 Å². The maximum absolute atomic E-state index is 9.13. The van der Waals surface area contributed by atoms with Gasteiger partial charge >= 0.3 is 26.2 Å². The van der Waals surface area contributed by atoms with Crippen LogP contribution in [0.4, 0.5) is 0 Å². The van der Waals surface area contributed by atoms with Gasteiger partial charge in [-0.25, -0.2) is 0 Å². The number of halogens is 2. The number of carbonyl (C=O) groups excluding carboxylic acids is 2. The Morgan fingerprint density at radius 1 is 0.923 bits per heavy atom. The number of carboxylic acid groups (broad SMARTS) is 2. The van der Waals surface area contributed by atoms with E-state index in [1.807, 2.05) is 0 Å². The summed E-state index contributed by atoms with van der Waals surface area (Å²) < 4.78 is 0. The van der Waals surface area contributed by atoms with Crippen LogP contribution in [-0.4, -0.2) is 25.0 Å². The summed E-state index contributed by atoms with van der Waals surface area (Å²) >= 11 is 0. The van der Waals surface area contributed by atoms with E-state index in [0.29, 0.717) is 0 Å². The fourth-order valence-electron chi connectivity index (χ4n) is 0. The average molecular weight is 310 g/mol. The fourth-order valence-corrected chi connectivity index (χ4v) is 0. The molecule has 76 valence electrons. The second kappa shape index (κ2) is 22.8. The molecule has 0 fully saturated rings. The molecule has 0 bridgehead atoms. The van der Waals surface area contributed by atoms with Crippen LogP contribution in [-0.2, 0) is 35.8 Å². The molecule has 0 heterocycles. The maximum atomic E-state index is 9.13. The number of rotatable bonds is 2. The molecule has 0 radical (unpaired) electrons. The van der Waals surface area contributed by atoms with E-state index in [1.165, 1.54) is 0 Å². The van der Waals surface area contributed by atoms with Crippen molar-refractivity contribution in [1.82, 2.24) is 0 Å². The number of nitrogens with two attached hydrogens (primary N) is 2. The second-order valence-electron chi connectivity index (χ2n) is 1.15. The van der Waals surface area contributed by atoms with E-state index in [9.17, 15) is 0 Å². The summed E-state index contributed by atoms with van der Waals surface area (Å²) in [7, 11) is 0. The molecule has 0 rings (SSSR count). The maximum Gasteiger partial charge on any atom is 4.00 e. The summed E-state index contributed by atoms with van der Waals surface area (Å²) in [6, 6.07) is 0. The summed E-state index contributed by atoms with van der Waals surface area (Å²) in [5.41, 5.74) is 9.02. The van der Waals surface area contributed by atoms with Gasteiger partial charge in [0, 0.05) is 13.1 Å². The number of hydrogen-bond acceptors (Lipinski definition) is 6. The fraction of sp³-hybridized carbons (Fsp3) is 0.500. The monoisotopic (exact) mass is 308 g/mol. The summed E-state index contributed by atoms with van der Waals surface area (Å²) in [4.78, 5) is 18.3. The second-order valence-corrected chi connectivity index (χ2v) is 1.15. The molecule has 0 unspecified atom stereocenters. The molecule has 0 atom stereocenters. The summed E-state index contributed by atoms with van der Waals surface area (Å²) in [5, 5.41) is 18.3. The quantitative estimate of drug-likeness (QED) is 0.520. The van der Waals surface area contributed by atoms with Crippen molar-refractivity contribution in [2.45, 2.75) is 0 Å². The topological polar surface area (TPSA) is 132 Å². The molecule has 0 aliphatic heterocycles. The van der Waals surface area contributed by atoms with Gasteiger partial charge in [0.05, 0.1) is 11.9 Å². The summed E-state index contributed by atoms with van der Waals surface area (Å²) in [5.74, 6) is -2.44. The van der Waals surface area contributed by atoms with E-state index < -0.39 is 11.9 Å². The first-order valence-corrected chi connectivity index (χ1v) is 2.34. The largest absolute Gasteiger partial charge is 4.00 e. The molecular weight excluding hydrogens is 302 g/mol. The predicted molar refractivity (Wildman–Crippen MR) is 28.1 cm³/mol. The minimum atomic E-state index is -1.22. The van der Waals surface area contributed by atoms with Gasteiger partial charge in [0.25, 0.3) is 0 Å². The van der Waals surface area contributed by atoms with Crippen molar-refractivity contribution in [3.63, 3.8) is 0 Å². The Balaban J connectivity index is -0.0000000267. The van der Waals surface area contributed by atoms with Crippen molar-refractivity contribution in [2.24, 2.45) is 11.5 Å². The molecule has 0 saturated heterocycles. The molecule has 0 aromatic heterocycles. The third kappa shape index (κ3) is 70.3. The zero-order valence-corrected chi connectivity index (χ0v) is 10.4. The summed E-state index contributed by atoms with van der Waals surface area (Å²) in [6.07, 6.45) is 0. The van der Waals surface area contributed by atoms with E-state index in [1.54, 1.807) is 0 Å². The zero-order valence-electron chi connectivity index (χ0n) is 6.46. The van der Waals surface area contributed by atoms with Gasteiger partial charge in [0.1, 0.15) is 0 Å². The van der Waals surface area contributed by atoms with Gasteiger partial charge in [-0.2, -0.15) is 0 Å². The number of hydrogen-bond donors (Lipinski definition) is 2. The van der Waals surface area contributed by atoms with Crippen LogP contribution in [0.2, 0.25) is 0 Å². The van der Waals surface area contributed by atoms with Crippen LogP contribution in [0.15, 0.2) is 0 Å². The number of carboxylic acids is 2. The number of carbonyl (C=O) groups is 2. The Hall–Kier alpha value is 0.323. The third-order valence-electron chi connectivity index (χ3n) is 0.333. The van der Waals surface area contributed by atoms with E-state index in [2.05, 4.69) is 11.5 Å². The molecule has 9 heteroatoms. The Morgan fingerprint density at radius 3 is 1.00 bits per heavy atom.